The van der Waals surface area contributed by atoms with Gasteiger partial charge in [-0.05, 0) is 25.1 Å². The minimum absolute atomic E-state index is 0.126. The summed E-state index contributed by atoms with van der Waals surface area (Å²) in [6.07, 6.45) is 2.33. The number of ether oxygens (including phenoxy) is 1. The van der Waals surface area contributed by atoms with Gasteiger partial charge < -0.3 is 19.8 Å². The van der Waals surface area contributed by atoms with Crippen LogP contribution in [0.4, 0.5) is 8.78 Å². The number of para-hydroxylation sites is 1. The Morgan fingerprint density at radius 1 is 1.23 bits per heavy atom. The van der Waals surface area contributed by atoms with Crippen molar-refractivity contribution in [2.75, 3.05) is 13.1 Å². The van der Waals surface area contributed by atoms with E-state index in [2.05, 4.69) is 26.9 Å². The van der Waals surface area contributed by atoms with Crippen LogP contribution in [0.15, 0.2) is 64.2 Å². The van der Waals surface area contributed by atoms with Crippen molar-refractivity contribution in [3.8, 4) is 5.75 Å². The maximum Gasteiger partial charge on any atom is 0.387 e. The van der Waals surface area contributed by atoms with E-state index in [4.69, 9.17) is 4.42 Å². The largest absolute Gasteiger partial charge is 0.469 e. The number of halogens is 2. The standard InChI is InChI=1S/C19H23F2N3O2/c1-14(2)12-23-19(22-10-9-16-7-5-11-25-16)24-13-15-6-3-4-8-17(15)26-18(20)21/h3-8,11,18H,1,9-10,12-13H2,2H3,(H2,22,23,24). The first-order chi connectivity index (χ1) is 12.5. The molecule has 2 N–H and O–H groups in total. The van der Waals surface area contributed by atoms with E-state index < -0.39 is 6.61 Å². The number of nitrogens with one attached hydrogen (secondary N) is 2. The summed E-state index contributed by atoms with van der Waals surface area (Å²) in [4.78, 5) is 4.45. The van der Waals surface area contributed by atoms with Gasteiger partial charge in [-0.25, -0.2) is 4.99 Å². The zero-order valence-corrected chi connectivity index (χ0v) is 14.7. The average Bonchev–Trinajstić information content (AvgIpc) is 3.10. The van der Waals surface area contributed by atoms with Crippen LogP contribution >= 0.6 is 0 Å². The van der Waals surface area contributed by atoms with Crippen LogP contribution in [0.2, 0.25) is 0 Å². The smallest absolute Gasteiger partial charge is 0.387 e. The Bertz CT molecular complexity index is 715. The molecular weight excluding hydrogens is 340 g/mol. The summed E-state index contributed by atoms with van der Waals surface area (Å²) >= 11 is 0. The van der Waals surface area contributed by atoms with Crippen molar-refractivity contribution in [2.45, 2.75) is 26.5 Å². The molecule has 0 aliphatic rings. The van der Waals surface area contributed by atoms with Crippen LogP contribution in [0.3, 0.4) is 0 Å². The van der Waals surface area contributed by atoms with Crippen molar-refractivity contribution in [2.24, 2.45) is 4.99 Å². The topological polar surface area (TPSA) is 58.8 Å². The molecule has 0 fully saturated rings. The Kier molecular flexibility index (Phi) is 7.67. The van der Waals surface area contributed by atoms with Crippen molar-refractivity contribution in [1.82, 2.24) is 10.6 Å². The molecular formula is C19H23F2N3O2. The summed E-state index contributed by atoms with van der Waals surface area (Å²) in [5, 5.41) is 6.34. The molecule has 0 atom stereocenters. The van der Waals surface area contributed by atoms with Gasteiger partial charge >= 0.3 is 6.61 Å². The number of hydrogen-bond donors (Lipinski definition) is 2. The molecule has 5 nitrogen and oxygen atoms in total. The fraction of sp³-hybridized carbons (Fsp3) is 0.316. The number of furan rings is 1. The fourth-order valence-corrected chi connectivity index (χ4v) is 2.18. The van der Waals surface area contributed by atoms with Crippen LogP contribution in [-0.2, 0) is 13.0 Å². The third kappa shape index (κ3) is 6.96. The number of rotatable bonds is 9. The highest BCUT2D eigenvalue weighted by atomic mass is 19.3. The minimum atomic E-state index is -2.87. The predicted octanol–water partition coefficient (Wildman–Crippen LogP) is 3.74. The molecule has 0 aliphatic heterocycles. The molecule has 2 aromatic rings. The zero-order valence-electron chi connectivity index (χ0n) is 14.7. The molecule has 0 amide bonds. The number of aliphatic imine (C=N–C) groups is 1. The fourth-order valence-electron chi connectivity index (χ4n) is 2.18. The molecule has 26 heavy (non-hydrogen) atoms. The first-order valence-corrected chi connectivity index (χ1v) is 8.26. The molecule has 0 radical (unpaired) electrons. The monoisotopic (exact) mass is 363 g/mol. The lowest BCUT2D eigenvalue weighted by atomic mass is 10.2. The summed E-state index contributed by atoms with van der Waals surface area (Å²) in [5.41, 5.74) is 1.53. The summed E-state index contributed by atoms with van der Waals surface area (Å²) in [5.74, 6) is 1.56. The molecule has 1 aromatic carbocycles. The van der Waals surface area contributed by atoms with E-state index >= 15 is 0 Å². The Morgan fingerprint density at radius 3 is 2.73 bits per heavy atom. The SMILES string of the molecule is C=C(C)CNC(=NCc1ccccc1OC(F)F)NCCc1ccco1. The molecule has 7 heteroatoms. The summed E-state index contributed by atoms with van der Waals surface area (Å²) in [6.45, 7) is 4.26. The summed E-state index contributed by atoms with van der Waals surface area (Å²) in [7, 11) is 0. The Labute approximate surface area is 151 Å². The number of benzene rings is 1. The second-order valence-electron chi connectivity index (χ2n) is 5.72. The molecule has 0 saturated carbocycles. The zero-order chi connectivity index (χ0) is 18.8. The molecule has 140 valence electrons. The van der Waals surface area contributed by atoms with Crippen LogP contribution in [-0.4, -0.2) is 25.7 Å². The molecule has 0 bridgehead atoms. The van der Waals surface area contributed by atoms with Crippen LogP contribution in [0.1, 0.15) is 18.2 Å². The highest BCUT2D eigenvalue weighted by Gasteiger charge is 2.09. The minimum Gasteiger partial charge on any atom is -0.469 e. The molecule has 0 unspecified atom stereocenters. The molecule has 0 spiro atoms. The van der Waals surface area contributed by atoms with Gasteiger partial charge in [0.25, 0.3) is 0 Å². The number of hydrogen-bond acceptors (Lipinski definition) is 3. The highest BCUT2D eigenvalue weighted by molar-refractivity contribution is 5.80. The third-order valence-corrected chi connectivity index (χ3v) is 3.40. The van der Waals surface area contributed by atoms with Crippen LogP contribution in [0.5, 0.6) is 5.75 Å². The maximum absolute atomic E-state index is 12.5. The van der Waals surface area contributed by atoms with Crippen molar-refractivity contribution in [3.05, 3.63) is 66.1 Å². The predicted molar refractivity (Wildman–Crippen MR) is 97.4 cm³/mol. The summed E-state index contributed by atoms with van der Waals surface area (Å²) in [6, 6.07) is 10.4. The summed E-state index contributed by atoms with van der Waals surface area (Å²) < 4.78 is 34.8. The van der Waals surface area contributed by atoms with E-state index in [1.807, 2.05) is 19.1 Å². The Hall–Kier alpha value is -2.83. The van der Waals surface area contributed by atoms with E-state index in [-0.39, 0.29) is 12.3 Å². The van der Waals surface area contributed by atoms with Crippen LogP contribution in [0.25, 0.3) is 0 Å². The second kappa shape index (κ2) is 10.2. The molecule has 1 heterocycles. The lowest BCUT2D eigenvalue weighted by Crippen LogP contribution is -2.39. The first kappa shape index (κ1) is 19.5. The van der Waals surface area contributed by atoms with Gasteiger partial charge in [0.15, 0.2) is 5.96 Å². The van der Waals surface area contributed by atoms with Gasteiger partial charge in [-0.1, -0.05) is 30.4 Å². The van der Waals surface area contributed by atoms with E-state index in [0.29, 0.717) is 31.0 Å². The van der Waals surface area contributed by atoms with Crippen LogP contribution in [0, 0.1) is 0 Å². The average molecular weight is 363 g/mol. The van der Waals surface area contributed by atoms with Crippen molar-refractivity contribution >= 4 is 5.96 Å². The van der Waals surface area contributed by atoms with Crippen LogP contribution < -0.4 is 15.4 Å². The van der Waals surface area contributed by atoms with E-state index in [1.165, 1.54) is 6.07 Å². The van der Waals surface area contributed by atoms with E-state index in [1.54, 1.807) is 24.5 Å². The maximum atomic E-state index is 12.5. The van der Waals surface area contributed by atoms with E-state index in [9.17, 15) is 8.78 Å². The highest BCUT2D eigenvalue weighted by Crippen LogP contribution is 2.20. The van der Waals surface area contributed by atoms with Gasteiger partial charge in [-0.15, -0.1) is 0 Å². The van der Waals surface area contributed by atoms with Gasteiger partial charge in [0.2, 0.25) is 0 Å². The quantitative estimate of drug-likeness (QED) is 0.405. The van der Waals surface area contributed by atoms with Crippen molar-refractivity contribution in [3.63, 3.8) is 0 Å². The second-order valence-corrected chi connectivity index (χ2v) is 5.72. The third-order valence-electron chi connectivity index (χ3n) is 3.40. The number of guanidine groups is 1. The van der Waals surface area contributed by atoms with Gasteiger partial charge in [-0.2, -0.15) is 8.78 Å². The Balaban J connectivity index is 2.00. The van der Waals surface area contributed by atoms with Gasteiger partial charge in [0.1, 0.15) is 11.5 Å². The van der Waals surface area contributed by atoms with Gasteiger partial charge in [0.05, 0.1) is 12.8 Å². The normalized spacial score (nSPS) is 11.5. The Morgan fingerprint density at radius 2 is 2.04 bits per heavy atom. The molecule has 1 aromatic heterocycles. The molecule has 0 saturated heterocycles. The molecule has 2 rings (SSSR count). The van der Waals surface area contributed by atoms with Crippen molar-refractivity contribution in [1.29, 1.82) is 0 Å². The van der Waals surface area contributed by atoms with Gasteiger partial charge in [0, 0.05) is 25.1 Å². The number of nitrogens with zero attached hydrogens (tertiary/aromatic N) is 1. The lowest BCUT2D eigenvalue weighted by molar-refractivity contribution is -0.0504. The van der Waals surface area contributed by atoms with E-state index in [0.717, 1.165) is 11.3 Å². The van der Waals surface area contributed by atoms with Gasteiger partial charge in [-0.3, -0.25) is 0 Å². The first-order valence-electron chi connectivity index (χ1n) is 8.26. The van der Waals surface area contributed by atoms with Crippen molar-refractivity contribution < 1.29 is 17.9 Å². The molecule has 0 aliphatic carbocycles. The number of alkyl halides is 2. The lowest BCUT2D eigenvalue weighted by Gasteiger charge is -2.13.